The lowest BCUT2D eigenvalue weighted by Crippen LogP contribution is -2.44. The Morgan fingerprint density at radius 1 is 1.19 bits per heavy atom. The molecule has 7 heteroatoms. The van der Waals surface area contributed by atoms with Crippen molar-refractivity contribution in [1.29, 1.82) is 0 Å². The third-order valence-electron chi connectivity index (χ3n) is 6.86. The zero-order chi connectivity index (χ0) is 23.7. The first-order valence-corrected chi connectivity index (χ1v) is 14.1. The van der Waals surface area contributed by atoms with Crippen LogP contribution < -0.4 is 11.2 Å². The van der Waals surface area contributed by atoms with Crippen LogP contribution in [0.1, 0.15) is 49.5 Å². The van der Waals surface area contributed by atoms with E-state index in [1.807, 2.05) is 6.08 Å². The molecular weight excluding hydrogens is 420 g/mol. The summed E-state index contributed by atoms with van der Waals surface area (Å²) in [7, 11) is -1.80. The van der Waals surface area contributed by atoms with Gasteiger partial charge < -0.3 is 4.43 Å². The highest BCUT2D eigenvalue weighted by molar-refractivity contribution is 6.74. The van der Waals surface area contributed by atoms with Crippen LogP contribution in [0.4, 0.5) is 0 Å². The van der Waals surface area contributed by atoms with Gasteiger partial charge in [-0.1, -0.05) is 50.6 Å². The fourth-order valence-electron chi connectivity index (χ4n) is 3.47. The van der Waals surface area contributed by atoms with Gasteiger partial charge in [0.1, 0.15) is 0 Å². The Kier molecular flexibility index (Phi) is 6.90. The Hall–Kier alpha value is -2.51. The smallest absolute Gasteiger partial charge is 0.338 e. The summed E-state index contributed by atoms with van der Waals surface area (Å²) in [6.45, 7) is 13.9. The van der Waals surface area contributed by atoms with Gasteiger partial charge in [0.2, 0.25) is 0 Å². The molecule has 1 aliphatic rings. The van der Waals surface area contributed by atoms with Gasteiger partial charge in [-0.3, -0.25) is 14.2 Å². The average molecular weight is 455 g/mol. The lowest BCUT2D eigenvalue weighted by atomic mass is 9.80. The quantitative estimate of drug-likeness (QED) is 0.480. The second-order valence-electron chi connectivity index (χ2n) is 10.1. The Morgan fingerprint density at radius 3 is 2.41 bits per heavy atom. The summed E-state index contributed by atoms with van der Waals surface area (Å²) in [5, 5.41) is 0.171. The molecule has 3 rings (SSSR count). The summed E-state index contributed by atoms with van der Waals surface area (Å²) in [4.78, 5) is 38.4. The maximum atomic E-state index is 13.0. The third kappa shape index (κ3) is 4.94. The summed E-state index contributed by atoms with van der Waals surface area (Å²) in [5.41, 5.74) is 0.764. The normalized spacial score (nSPS) is 17.9. The van der Waals surface area contributed by atoms with Crippen molar-refractivity contribution in [2.24, 2.45) is 5.92 Å². The number of allylic oxidation sites excluding steroid dienone is 1. The second-order valence-corrected chi connectivity index (χ2v) is 15.0. The molecule has 0 saturated heterocycles. The number of rotatable bonds is 6. The van der Waals surface area contributed by atoms with E-state index in [4.69, 9.17) is 4.43 Å². The Morgan fingerprint density at radius 2 is 1.84 bits per heavy atom. The Balaban J connectivity index is 1.79. The number of carbonyl (C=O) groups excluding carboxylic acids is 1. The second kappa shape index (κ2) is 9.15. The largest absolute Gasteiger partial charge is 0.416 e. The predicted octanol–water partition coefficient (Wildman–Crippen LogP) is 4.37. The molecule has 6 nitrogen and oxygen atoms in total. The minimum Gasteiger partial charge on any atom is -0.416 e. The molecule has 1 heterocycles. The van der Waals surface area contributed by atoms with Crippen LogP contribution in [0.25, 0.3) is 0 Å². The molecule has 0 spiro atoms. The van der Waals surface area contributed by atoms with Gasteiger partial charge >= 0.3 is 5.69 Å². The van der Waals surface area contributed by atoms with E-state index in [1.54, 1.807) is 37.3 Å². The van der Waals surface area contributed by atoms with Crippen LogP contribution in [0.2, 0.25) is 18.1 Å². The summed E-state index contributed by atoms with van der Waals surface area (Å²) in [6, 6.07) is 8.40. The van der Waals surface area contributed by atoms with Gasteiger partial charge in [0.05, 0.1) is 0 Å². The van der Waals surface area contributed by atoms with Crippen LogP contribution in [0.3, 0.4) is 0 Å². The minimum atomic E-state index is -1.80. The molecule has 0 aliphatic heterocycles. The van der Waals surface area contributed by atoms with E-state index in [2.05, 4.69) is 33.9 Å². The van der Waals surface area contributed by atoms with E-state index in [0.717, 1.165) is 17.4 Å². The summed E-state index contributed by atoms with van der Waals surface area (Å²) in [6.07, 6.45) is 5.66. The van der Waals surface area contributed by atoms with Crippen molar-refractivity contribution in [3.8, 4) is 0 Å². The molecule has 1 aliphatic carbocycles. The summed E-state index contributed by atoms with van der Waals surface area (Å²) in [5.74, 6) is -0.229. The first-order chi connectivity index (χ1) is 14.9. The molecular formula is C25H34N2O4Si. The molecule has 0 radical (unpaired) electrons. The van der Waals surface area contributed by atoms with Crippen molar-refractivity contribution in [3.05, 3.63) is 80.1 Å². The molecule has 1 fully saturated rings. The molecule has 1 aromatic heterocycles. The van der Waals surface area contributed by atoms with E-state index >= 15 is 0 Å². The van der Waals surface area contributed by atoms with Crippen molar-refractivity contribution >= 4 is 14.2 Å². The lowest BCUT2D eigenvalue weighted by molar-refractivity contribution is 0.0948. The van der Waals surface area contributed by atoms with Crippen molar-refractivity contribution in [3.63, 3.8) is 0 Å². The molecule has 0 bridgehead atoms. The SMILES string of the molecule is Cc1cn(C/C=C2\CCC2CO[Si](C)(C)C(C)(C)C)c(=O)n(C(=O)c2ccccc2)c1=O. The van der Waals surface area contributed by atoms with Crippen LogP contribution >= 0.6 is 0 Å². The molecule has 2 aromatic rings. The number of carbonyl (C=O) groups is 1. The van der Waals surface area contributed by atoms with Gasteiger partial charge in [-0.25, -0.2) is 4.79 Å². The third-order valence-corrected chi connectivity index (χ3v) is 11.4. The first-order valence-electron chi connectivity index (χ1n) is 11.2. The lowest BCUT2D eigenvalue weighted by Gasteiger charge is -2.39. The number of aryl methyl sites for hydroxylation is 1. The summed E-state index contributed by atoms with van der Waals surface area (Å²) >= 11 is 0. The molecule has 32 heavy (non-hydrogen) atoms. The van der Waals surface area contributed by atoms with Crippen molar-refractivity contribution in [2.75, 3.05) is 6.61 Å². The Labute approximate surface area is 190 Å². The first kappa shape index (κ1) is 24.1. The van der Waals surface area contributed by atoms with E-state index in [-0.39, 0.29) is 5.04 Å². The zero-order valence-corrected chi connectivity index (χ0v) is 21.0. The summed E-state index contributed by atoms with van der Waals surface area (Å²) < 4.78 is 8.55. The van der Waals surface area contributed by atoms with E-state index in [0.29, 0.717) is 30.2 Å². The van der Waals surface area contributed by atoms with Crippen LogP contribution in [0.5, 0.6) is 0 Å². The number of aromatic nitrogens is 2. The number of hydrogen-bond acceptors (Lipinski definition) is 4. The molecule has 1 unspecified atom stereocenters. The van der Waals surface area contributed by atoms with E-state index < -0.39 is 25.5 Å². The van der Waals surface area contributed by atoms with Crippen LogP contribution in [-0.4, -0.2) is 30.0 Å². The molecule has 0 N–H and O–H groups in total. The number of hydrogen-bond donors (Lipinski definition) is 0. The van der Waals surface area contributed by atoms with E-state index in [9.17, 15) is 14.4 Å². The monoisotopic (exact) mass is 454 g/mol. The van der Waals surface area contributed by atoms with Crippen LogP contribution in [-0.2, 0) is 11.0 Å². The minimum absolute atomic E-state index is 0.171. The number of nitrogens with zero attached hydrogens (tertiary/aromatic N) is 2. The molecule has 1 saturated carbocycles. The van der Waals surface area contributed by atoms with E-state index in [1.165, 1.54) is 16.3 Å². The fraction of sp³-hybridized carbons (Fsp3) is 0.480. The molecule has 0 amide bonds. The number of benzene rings is 1. The molecule has 1 atom stereocenters. The maximum Gasteiger partial charge on any atom is 0.338 e. The van der Waals surface area contributed by atoms with Crippen LogP contribution in [0.15, 0.2) is 57.8 Å². The van der Waals surface area contributed by atoms with Gasteiger partial charge in [0, 0.05) is 36.4 Å². The van der Waals surface area contributed by atoms with Gasteiger partial charge in [0.25, 0.3) is 11.5 Å². The van der Waals surface area contributed by atoms with Crippen LogP contribution in [0, 0.1) is 12.8 Å². The average Bonchev–Trinajstić information content (AvgIpc) is 2.70. The Bertz CT molecular complexity index is 1140. The van der Waals surface area contributed by atoms with Crippen molar-refractivity contribution in [1.82, 2.24) is 9.13 Å². The van der Waals surface area contributed by atoms with Gasteiger partial charge in [0.15, 0.2) is 8.32 Å². The highest BCUT2D eigenvalue weighted by Crippen LogP contribution is 2.39. The fourth-order valence-corrected chi connectivity index (χ4v) is 4.52. The molecule has 1 aromatic carbocycles. The maximum absolute atomic E-state index is 13.0. The highest BCUT2D eigenvalue weighted by atomic mass is 28.4. The van der Waals surface area contributed by atoms with Gasteiger partial charge in [-0.15, -0.1) is 0 Å². The molecule has 172 valence electrons. The van der Waals surface area contributed by atoms with Crippen molar-refractivity contribution < 1.29 is 9.22 Å². The highest BCUT2D eigenvalue weighted by Gasteiger charge is 2.38. The van der Waals surface area contributed by atoms with Gasteiger partial charge in [-0.05, 0) is 50.0 Å². The predicted molar refractivity (Wildman–Crippen MR) is 130 cm³/mol. The van der Waals surface area contributed by atoms with Crippen molar-refractivity contribution in [2.45, 2.75) is 65.2 Å². The van der Waals surface area contributed by atoms with Gasteiger partial charge in [-0.2, -0.15) is 4.57 Å². The zero-order valence-electron chi connectivity index (χ0n) is 20.0. The topological polar surface area (TPSA) is 70.3 Å². The standard InChI is InChI=1S/C25H34N2O4Si/c1-18-16-26(24(30)27(22(18)28)23(29)20-10-8-7-9-11-20)15-14-19-12-13-21(19)17-31-32(5,6)25(2,3)4/h7-11,14,16,21H,12-13,15,17H2,1-6H3/b19-14+.